The fourth-order valence-corrected chi connectivity index (χ4v) is 3.18. The molecule has 2 aromatic rings. The van der Waals surface area contributed by atoms with Gasteiger partial charge in [-0.15, -0.1) is 11.3 Å². The molecule has 0 fully saturated rings. The van der Waals surface area contributed by atoms with Gasteiger partial charge in [-0.05, 0) is 26.0 Å². The SMILES string of the molecule is CCCNCc1sc(Cc2ccccc2OC)nc1C. The van der Waals surface area contributed by atoms with Gasteiger partial charge in [-0.25, -0.2) is 4.98 Å². The Balaban J connectivity index is 2.08. The van der Waals surface area contributed by atoms with Crippen LogP contribution in [-0.2, 0) is 13.0 Å². The summed E-state index contributed by atoms with van der Waals surface area (Å²) in [4.78, 5) is 6.02. The lowest BCUT2D eigenvalue weighted by atomic mass is 10.1. The van der Waals surface area contributed by atoms with Crippen LogP contribution in [0.4, 0.5) is 0 Å². The van der Waals surface area contributed by atoms with Crippen LogP contribution < -0.4 is 10.1 Å². The number of thiazole rings is 1. The summed E-state index contributed by atoms with van der Waals surface area (Å²) in [5, 5.41) is 4.59. The van der Waals surface area contributed by atoms with Gasteiger partial charge in [0, 0.05) is 23.4 Å². The van der Waals surface area contributed by atoms with Crippen LogP contribution in [-0.4, -0.2) is 18.6 Å². The highest BCUT2D eigenvalue weighted by atomic mass is 32.1. The second-order valence-electron chi connectivity index (χ2n) is 4.78. The average Bonchev–Trinajstić information content (AvgIpc) is 2.80. The van der Waals surface area contributed by atoms with Gasteiger partial charge in [-0.2, -0.15) is 0 Å². The van der Waals surface area contributed by atoms with E-state index < -0.39 is 0 Å². The third-order valence-electron chi connectivity index (χ3n) is 3.18. The van der Waals surface area contributed by atoms with E-state index in [1.165, 1.54) is 10.4 Å². The molecule has 4 heteroatoms. The van der Waals surface area contributed by atoms with Crippen LogP contribution in [0.25, 0.3) is 0 Å². The van der Waals surface area contributed by atoms with E-state index >= 15 is 0 Å². The number of nitrogens with zero attached hydrogens (tertiary/aromatic N) is 1. The molecule has 1 heterocycles. The van der Waals surface area contributed by atoms with Crippen LogP contribution in [0.1, 0.15) is 34.5 Å². The first kappa shape index (κ1) is 15.0. The average molecular weight is 290 g/mol. The van der Waals surface area contributed by atoms with Crippen molar-refractivity contribution in [1.29, 1.82) is 0 Å². The Hall–Kier alpha value is -1.39. The zero-order chi connectivity index (χ0) is 14.4. The molecule has 0 aliphatic carbocycles. The van der Waals surface area contributed by atoms with E-state index in [0.717, 1.165) is 42.4 Å². The lowest BCUT2D eigenvalue weighted by Crippen LogP contribution is -2.13. The molecule has 1 aromatic carbocycles. The number of methoxy groups -OCH3 is 1. The molecule has 0 bridgehead atoms. The van der Waals surface area contributed by atoms with Gasteiger partial charge in [0.25, 0.3) is 0 Å². The number of hydrogen-bond donors (Lipinski definition) is 1. The fraction of sp³-hybridized carbons (Fsp3) is 0.438. The second kappa shape index (κ2) is 7.41. The highest BCUT2D eigenvalue weighted by Crippen LogP contribution is 2.25. The van der Waals surface area contributed by atoms with Crippen molar-refractivity contribution in [1.82, 2.24) is 10.3 Å². The van der Waals surface area contributed by atoms with Crippen LogP contribution >= 0.6 is 11.3 Å². The van der Waals surface area contributed by atoms with Gasteiger partial charge in [0.05, 0.1) is 17.8 Å². The van der Waals surface area contributed by atoms with Crippen molar-refractivity contribution in [3.63, 3.8) is 0 Å². The van der Waals surface area contributed by atoms with E-state index in [0.29, 0.717) is 0 Å². The molecule has 0 unspecified atom stereocenters. The van der Waals surface area contributed by atoms with Crippen molar-refractivity contribution < 1.29 is 4.74 Å². The van der Waals surface area contributed by atoms with E-state index in [1.54, 1.807) is 18.4 Å². The van der Waals surface area contributed by atoms with Crippen LogP contribution in [0.2, 0.25) is 0 Å². The number of hydrogen-bond acceptors (Lipinski definition) is 4. The van der Waals surface area contributed by atoms with Crippen molar-refractivity contribution in [2.24, 2.45) is 0 Å². The Morgan fingerprint density at radius 2 is 2.10 bits per heavy atom. The first-order valence-electron chi connectivity index (χ1n) is 7.02. The number of para-hydroxylation sites is 1. The Morgan fingerprint density at radius 3 is 2.85 bits per heavy atom. The molecule has 0 atom stereocenters. The Morgan fingerprint density at radius 1 is 1.30 bits per heavy atom. The minimum atomic E-state index is 0.837. The molecular weight excluding hydrogens is 268 g/mol. The molecule has 0 saturated carbocycles. The highest BCUT2D eigenvalue weighted by molar-refractivity contribution is 7.11. The highest BCUT2D eigenvalue weighted by Gasteiger charge is 2.10. The Labute approximate surface area is 125 Å². The number of rotatable bonds is 7. The summed E-state index contributed by atoms with van der Waals surface area (Å²) in [5.74, 6) is 0.936. The lowest BCUT2D eigenvalue weighted by molar-refractivity contribution is 0.410. The largest absolute Gasteiger partial charge is 0.496 e. The summed E-state index contributed by atoms with van der Waals surface area (Å²) in [5.41, 5.74) is 2.33. The number of benzene rings is 1. The first-order valence-corrected chi connectivity index (χ1v) is 7.84. The third-order valence-corrected chi connectivity index (χ3v) is 4.34. The summed E-state index contributed by atoms with van der Waals surface area (Å²) in [6, 6.07) is 8.14. The quantitative estimate of drug-likeness (QED) is 0.792. The predicted molar refractivity (Wildman–Crippen MR) is 84.6 cm³/mol. The molecule has 0 saturated heterocycles. The lowest BCUT2D eigenvalue weighted by Gasteiger charge is -2.05. The maximum atomic E-state index is 5.40. The van der Waals surface area contributed by atoms with Gasteiger partial charge in [0.2, 0.25) is 0 Å². The molecular formula is C16H22N2OS. The summed E-state index contributed by atoms with van der Waals surface area (Å²) in [6.07, 6.45) is 2.00. The van der Waals surface area contributed by atoms with Gasteiger partial charge < -0.3 is 10.1 Å². The molecule has 0 aliphatic rings. The van der Waals surface area contributed by atoms with Gasteiger partial charge in [0.1, 0.15) is 5.75 Å². The van der Waals surface area contributed by atoms with E-state index in [1.807, 2.05) is 18.2 Å². The zero-order valence-electron chi connectivity index (χ0n) is 12.4. The Kier molecular flexibility index (Phi) is 5.56. The van der Waals surface area contributed by atoms with Gasteiger partial charge in [-0.3, -0.25) is 0 Å². The van der Waals surface area contributed by atoms with Gasteiger partial charge in [-0.1, -0.05) is 25.1 Å². The summed E-state index contributed by atoms with van der Waals surface area (Å²) in [6.45, 7) is 6.24. The van der Waals surface area contributed by atoms with Gasteiger partial charge in [0.15, 0.2) is 0 Å². The first-order chi connectivity index (χ1) is 9.74. The number of aryl methyl sites for hydroxylation is 1. The maximum Gasteiger partial charge on any atom is 0.122 e. The minimum Gasteiger partial charge on any atom is -0.496 e. The van der Waals surface area contributed by atoms with Crippen molar-refractivity contribution in [2.75, 3.05) is 13.7 Å². The van der Waals surface area contributed by atoms with Crippen molar-refractivity contribution >= 4 is 11.3 Å². The van der Waals surface area contributed by atoms with Crippen LogP contribution in [0, 0.1) is 6.92 Å². The summed E-state index contributed by atoms with van der Waals surface area (Å²) >= 11 is 1.79. The Bertz CT molecular complexity index is 551. The second-order valence-corrected chi connectivity index (χ2v) is 5.95. The van der Waals surface area contributed by atoms with E-state index in [2.05, 4.69) is 30.2 Å². The smallest absolute Gasteiger partial charge is 0.122 e. The van der Waals surface area contributed by atoms with E-state index in [4.69, 9.17) is 4.74 Å². The van der Waals surface area contributed by atoms with E-state index in [9.17, 15) is 0 Å². The normalized spacial score (nSPS) is 10.8. The van der Waals surface area contributed by atoms with Crippen LogP contribution in [0.3, 0.4) is 0 Å². The third kappa shape index (κ3) is 3.81. The molecule has 20 heavy (non-hydrogen) atoms. The molecule has 108 valence electrons. The zero-order valence-corrected chi connectivity index (χ0v) is 13.2. The number of nitrogens with one attached hydrogen (secondary N) is 1. The monoisotopic (exact) mass is 290 g/mol. The molecule has 2 rings (SSSR count). The predicted octanol–water partition coefficient (Wildman–Crippen LogP) is 3.55. The summed E-state index contributed by atoms with van der Waals surface area (Å²) < 4.78 is 5.40. The molecule has 0 aliphatic heterocycles. The molecule has 1 N–H and O–H groups in total. The topological polar surface area (TPSA) is 34.1 Å². The maximum absolute atomic E-state index is 5.40. The molecule has 1 aromatic heterocycles. The molecule has 0 amide bonds. The number of aromatic nitrogens is 1. The molecule has 0 radical (unpaired) electrons. The van der Waals surface area contributed by atoms with Gasteiger partial charge >= 0.3 is 0 Å². The van der Waals surface area contributed by atoms with Crippen molar-refractivity contribution in [3.05, 3.63) is 45.4 Å². The van der Waals surface area contributed by atoms with Crippen LogP contribution in [0.5, 0.6) is 5.75 Å². The molecule has 0 spiro atoms. The molecule has 3 nitrogen and oxygen atoms in total. The van der Waals surface area contributed by atoms with Crippen molar-refractivity contribution in [2.45, 2.75) is 33.2 Å². The van der Waals surface area contributed by atoms with Crippen LogP contribution in [0.15, 0.2) is 24.3 Å². The number of ether oxygens (including phenoxy) is 1. The van der Waals surface area contributed by atoms with E-state index in [-0.39, 0.29) is 0 Å². The van der Waals surface area contributed by atoms with Crippen molar-refractivity contribution in [3.8, 4) is 5.75 Å². The fourth-order valence-electron chi connectivity index (χ4n) is 2.12. The standard InChI is InChI=1S/C16H22N2OS/c1-4-9-17-11-15-12(2)18-16(20-15)10-13-7-5-6-8-14(13)19-3/h5-8,17H,4,9-11H2,1-3H3. The summed E-state index contributed by atoms with van der Waals surface area (Å²) in [7, 11) is 1.71. The minimum absolute atomic E-state index is 0.837.